The lowest BCUT2D eigenvalue weighted by atomic mass is 9.98. The summed E-state index contributed by atoms with van der Waals surface area (Å²) in [5.74, 6) is 0.634. The predicted octanol–water partition coefficient (Wildman–Crippen LogP) is 2.86. The van der Waals surface area contributed by atoms with Crippen molar-refractivity contribution >= 4 is 11.3 Å². The molecule has 4 heteroatoms. The summed E-state index contributed by atoms with van der Waals surface area (Å²) in [4.78, 5) is 7.16. The van der Waals surface area contributed by atoms with Crippen LogP contribution in [-0.4, -0.2) is 22.6 Å². The van der Waals surface area contributed by atoms with Gasteiger partial charge in [-0.15, -0.1) is 11.3 Å². The maximum absolute atomic E-state index is 4.35. The molecule has 1 atom stereocenters. The molecule has 3 rings (SSSR count). The molecule has 0 saturated carbocycles. The van der Waals surface area contributed by atoms with E-state index in [1.165, 1.54) is 21.0 Å². The summed E-state index contributed by atoms with van der Waals surface area (Å²) in [7, 11) is 0. The van der Waals surface area contributed by atoms with Crippen LogP contribution in [0.4, 0.5) is 0 Å². The van der Waals surface area contributed by atoms with E-state index in [9.17, 15) is 0 Å². The fourth-order valence-corrected chi connectivity index (χ4v) is 3.68. The van der Waals surface area contributed by atoms with Gasteiger partial charge in [0.25, 0.3) is 0 Å². The second kappa shape index (κ2) is 4.52. The number of rotatable bonds is 3. The van der Waals surface area contributed by atoms with Gasteiger partial charge in [0.05, 0.1) is 12.4 Å². The third-order valence-electron chi connectivity index (χ3n) is 3.84. The molecule has 1 unspecified atom stereocenters. The topological polar surface area (TPSA) is 29.9 Å². The fourth-order valence-electron chi connectivity index (χ4n) is 2.67. The Morgan fingerprint density at radius 3 is 2.78 bits per heavy atom. The quantitative estimate of drug-likeness (QED) is 0.920. The van der Waals surface area contributed by atoms with Crippen LogP contribution in [0.2, 0.25) is 0 Å². The number of hydrogen-bond acceptors (Lipinski definition) is 3. The first-order valence-corrected chi connectivity index (χ1v) is 7.28. The minimum absolute atomic E-state index is 0.382. The summed E-state index contributed by atoms with van der Waals surface area (Å²) in [5.41, 5.74) is 2.80. The van der Waals surface area contributed by atoms with Gasteiger partial charge in [-0.2, -0.15) is 0 Å². The number of aromatic nitrogens is 2. The smallest absolute Gasteiger partial charge is 0.0953 e. The van der Waals surface area contributed by atoms with Crippen LogP contribution in [0.3, 0.4) is 0 Å². The second-order valence-corrected chi connectivity index (χ2v) is 6.59. The van der Waals surface area contributed by atoms with Crippen molar-refractivity contribution in [1.82, 2.24) is 14.9 Å². The van der Waals surface area contributed by atoms with E-state index in [2.05, 4.69) is 41.7 Å². The Hall–Kier alpha value is -1.13. The third kappa shape index (κ3) is 1.89. The Morgan fingerprint density at radius 1 is 1.44 bits per heavy atom. The number of nitrogens with one attached hydrogen (secondary N) is 1. The maximum atomic E-state index is 4.35. The van der Waals surface area contributed by atoms with Crippen molar-refractivity contribution < 1.29 is 0 Å². The number of hydrogen-bond donors (Lipinski definition) is 1. The van der Waals surface area contributed by atoms with Gasteiger partial charge in [-0.25, -0.2) is 4.98 Å². The van der Waals surface area contributed by atoms with Crippen molar-refractivity contribution in [2.45, 2.75) is 32.7 Å². The Balaban J connectivity index is 1.94. The van der Waals surface area contributed by atoms with Crippen LogP contribution >= 0.6 is 11.3 Å². The summed E-state index contributed by atoms with van der Waals surface area (Å²) in [6.45, 7) is 8.83. The van der Waals surface area contributed by atoms with Gasteiger partial charge in [-0.05, 0) is 32.4 Å². The molecule has 0 amide bonds. The van der Waals surface area contributed by atoms with Crippen LogP contribution in [0.5, 0.6) is 0 Å². The molecule has 1 N–H and O–H groups in total. The van der Waals surface area contributed by atoms with Gasteiger partial charge in [0.1, 0.15) is 0 Å². The SMILES string of the molecule is Cc1cc(C(C)n2cncc2C2CNC2)c(C)s1. The van der Waals surface area contributed by atoms with Crippen molar-refractivity contribution in [3.05, 3.63) is 39.6 Å². The molecule has 0 aliphatic carbocycles. The van der Waals surface area contributed by atoms with Crippen LogP contribution in [0, 0.1) is 13.8 Å². The monoisotopic (exact) mass is 261 g/mol. The molecule has 96 valence electrons. The standard InChI is InChI=1S/C14H19N3S/c1-9-4-13(11(3)18-9)10(2)17-8-16-7-14(17)12-5-15-6-12/h4,7-8,10,12,15H,5-6H2,1-3H3. The zero-order chi connectivity index (χ0) is 12.7. The van der Waals surface area contributed by atoms with Crippen molar-refractivity contribution in [3.8, 4) is 0 Å². The lowest BCUT2D eigenvalue weighted by molar-refractivity contribution is 0.418. The highest BCUT2D eigenvalue weighted by atomic mass is 32.1. The molecular weight excluding hydrogens is 242 g/mol. The van der Waals surface area contributed by atoms with Crippen LogP contribution in [-0.2, 0) is 0 Å². The molecule has 1 saturated heterocycles. The molecule has 2 aromatic rings. The molecule has 18 heavy (non-hydrogen) atoms. The van der Waals surface area contributed by atoms with E-state index in [0.717, 1.165) is 13.1 Å². The van der Waals surface area contributed by atoms with Gasteiger partial charge in [0, 0.05) is 40.7 Å². The highest BCUT2D eigenvalue weighted by molar-refractivity contribution is 7.12. The number of thiophene rings is 1. The molecule has 3 nitrogen and oxygen atoms in total. The van der Waals surface area contributed by atoms with Crippen molar-refractivity contribution in [3.63, 3.8) is 0 Å². The average molecular weight is 261 g/mol. The Labute approximate surface area is 112 Å². The highest BCUT2D eigenvalue weighted by Gasteiger charge is 2.25. The van der Waals surface area contributed by atoms with Gasteiger partial charge in [-0.1, -0.05) is 0 Å². The van der Waals surface area contributed by atoms with E-state index in [-0.39, 0.29) is 0 Å². The minimum atomic E-state index is 0.382. The van der Waals surface area contributed by atoms with E-state index >= 15 is 0 Å². The van der Waals surface area contributed by atoms with Crippen LogP contribution in [0.1, 0.15) is 39.9 Å². The first-order chi connectivity index (χ1) is 8.66. The predicted molar refractivity (Wildman–Crippen MR) is 75.4 cm³/mol. The molecule has 0 aromatic carbocycles. The lowest BCUT2D eigenvalue weighted by Crippen LogP contribution is -2.41. The van der Waals surface area contributed by atoms with Crippen molar-refractivity contribution in [1.29, 1.82) is 0 Å². The molecule has 0 spiro atoms. The lowest BCUT2D eigenvalue weighted by Gasteiger charge is -2.29. The van der Waals surface area contributed by atoms with Gasteiger partial charge >= 0.3 is 0 Å². The zero-order valence-corrected chi connectivity index (χ0v) is 11.9. The first kappa shape index (κ1) is 11.9. The van der Waals surface area contributed by atoms with E-state index in [1.54, 1.807) is 0 Å². The fraction of sp³-hybridized carbons (Fsp3) is 0.500. The van der Waals surface area contributed by atoms with E-state index in [4.69, 9.17) is 0 Å². The molecule has 0 radical (unpaired) electrons. The minimum Gasteiger partial charge on any atom is -0.327 e. The number of nitrogens with zero attached hydrogens (tertiary/aromatic N) is 2. The van der Waals surface area contributed by atoms with Gasteiger partial charge in [0.15, 0.2) is 0 Å². The van der Waals surface area contributed by atoms with E-state index < -0.39 is 0 Å². The van der Waals surface area contributed by atoms with Crippen LogP contribution in [0.15, 0.2) is 18.6 Å². The van der Waals surface area contributed by atoms with Gasteiger partial charge in [-0.3, -0.25) is 0 Å². The largest absolute Gasteiger partial charge is 0.327 e. The van der Waals surface area contributed by atoms with Crippen LogP contribution < -0.4 is 5.32 Å². The summed E-state index contributed by atoms with van der Waals surface area (Å²) >= 11 is 1.88. The molecule has 0 bridgehead atoms. The summed E-state index contributed by atoms with van der Waals surface area (Å²) < 4.78 is 2.33. The molecule has 1 aliphatic heterocycles. The normalized spacial score (nSPS) is 17.7. The Bertz CT molecular complexity index is 551. The van der Waals surface area contributed by atoms with Crippen LogP contribution in [0.25, 0.3) is 0 Å². The highest BCUT2D eigenvalue weighted by Crippen LogP contribution is 2.31. The Morgan fingerprint density at radius 2 is 2.22 bits per heavy atom. The summed E-state index contributed by atoms with van der Waals surface area (Å²) in [6, 6.07) is 2.70. The number of imidazole rings is 1. The van der Waals surface area contributed by atoms with Crippen molar-refractivity contribution in [2.75, 3.05) is 13.1 Å². The molecule has 1 fully saturated rings. The molecular formula is C14H19N3S. The Kier molecular flexibility index (Phi) is 2.99. The molecule has 1 aliphatic rings. The van der Waals surface area contributed by atoms with E-state index in [1.807, 2.05) is 23.9 Å². The molecule has 3 heterocycles. The zero-order valence-electron chi connectivity index (χ0n) is 11.1. The summed E-state index contributed by atoms with van der Waals surface area (Å²) in [5, 5.41) is 3.33. The van der Waals surface area contributed by atoms with Crippen molar-refractivity contribution in [2.24, 2.45) is 0 Å². The number of aryl methyl sites for hydroxylation is 2. The van der Waals surface area contributed by atoms with E-state index in [0.29, 0.717) is 12.0 Å². The third-order valence-corrected chi connectivity index (χ3v) is 4.82. The molecule has 2 aromatic heterocycles. The average Bonchev–Trinajstić information content (AvgIpc) is 2.82. The maximum Gasteiger partial charge on any atom is 0.0953 e. The van der Waals surface area contributed by atoms with Gasteiger partial charge < -0.3 is 9.88 Å². The second-order valence-electron chi connectivity index (χ2n) is 5.13. The van der Waals surface area contributed by atoms with Gasteiger partial charge in [0.2, 0.25) is 0 Å². The summed E-state index contributed by atoms with van der Waals surface area (Å²) in [6.07, 6.45) is 4.00. The first-order valence-electron chi connectivity index (χ1n) is 6.46.